The van der Waals surface area contributed by atoms with Crippen molar-refractivity contribution in [1.29, 1.82) is 0 Å². The molecule has 0 saturated heterocycles. The fourth-order valence-corrected chi connectivity index (χ4v) is 3.44. The molecule has 1 aliphatic carbocycles. The second kappa shape index (κ2) is 7.32. The lowest BCUT2D eigenvalue weighted by atomic mass is 9.88. The average molecular weight is 361 g/mol. The molecule has 2 unspecified atom stereocenters. The van der Waals surface area contributed by atoms with E-state index in [1.165, 1.54) is 12.8 Å². The van der Waals surface area contributed by atoms with E-state index in [2.05, 4.69) is 21.2 Å². The highest BCUT2D eigenvalue weighted by molar-refractivity contribution is 9.10. The number of hydrogen-bond acceptors (Lipinski definition) is 2. The molecule has 1 saturated carbocycles. The minimum atomic E-state index is -0.0669. The van der Waals surface area contributed by atoms with Gasteiger partial charge in [0.2, 0.25) is 0 Å². The van der Waals surface area contributed by atoms with Gasteiger partial charge in [0.1, 0.15) is 5.75 Å². The predicted octanol–water partition coefficient (Wildman–Crippen LogP) is 3.99. The van der Waals surface area contributed by atoms with Crippen molar-refractivity contribution in [2.75, 3.05) is 13.7 Å². The van der Waals surface area contributed by atoms with E-state index in [4.69, 9.17) is 16.3 Å². The van der Waals surface area contributed by atoms with Gasteiger partial charge in [0, 0.05) is 17.5 Å². The van der Waals surface area contributed by atoms with Crippen LogP contribution in [0.5, 0.6) is 5.75 Å². The Kier molecular flexibility index (Phi) is 5.73. The molecule has 0 bridgehead atoms. The molecule has 0 heterocycles. The molecule has 0 spiro atoms. The number of methoxy groups -OCH3 is 1. The van der Waals surface area contributed by atoms with E-state index in [1.807, 2.05) is 0 Å². The minimum Gasteiger partial charge on any atom is -0.496 e. The number of alkyl halides is 1. The Morgan fingerprint density at radius 3 is 2.85 bits per heavy atom. The van der Waals surface area contributed by atoms with Crippen LogP contribution < -0.4 is 10.1 Å². The van der Waals surface area contributed by atoms with Gasteiger partial charge in [0.05, 0.1) is 11.6 Å². The summed E-state index contributed by atoms with van der Waals surface area (Å²) in [6.07, 6.45) is 4.55. The quantitative estimate of drug-likeness (QED) is 0.825. The Morgan fingerprint density at radius 2 is 2.20 bits per heavy atom. The van der Waals surface area contributed by atoms with Crippen molar-refractivity contribution < 1.29 is 9.53 Å². The summed E-state index contributed by atoms with van der Waals surface area (Å²) in [6.45, 7) is 0.649. The smallest absolute Gasteiger partial charge is 0.251 e. The van der Waals surface area contributed by atoms with E-state index < -0.39 is 0 Å². The fraction of sp³-hybridized carbons (Fsp3) is 0.533. The molecule has 1 N–H and O–H groups in total. The lowest BCUT2D eigenvalue weighted by Gasteiger charge is -2.27. The number of hydrogen-bond donors (Lipinski definition) is 1. The Bertz CT molecular complexity index is 481. The summed E-state index contributed by atoms with van der Waals surface area (Å²) in [5.41, 5.74) is 0.625. The van der Waals surface area contributed by atoms with Crippen LogP contribution in [0.3, 0.4) is 0 Å². The first-order valence-corrected chi connectivity index (χ1v) is 8.10. The van der Waals surface area contributed by atoms with Crippen LogP contribution in [0.2, 0.25) is 0 Å². The number of benzene rings is 1. The van der Waals surface area contributed by atoms with Crippen molar-refractivity contribution in [3.63, 3.8) is 0 Å². The maximum Gasteiger partial charge on any atom is 0.251 e. The number of amides is 1. The topological polar surface area (TPSA) is 38.3 Å². The summed E-state index contributed by atoms with van der Waals surface area (Å²) in [5.74, 6) is 1.04. The molecule has 0 aromatic heterocycles. The maximum absolute atomic E-state index is 12.1. The SMILES string of the molecule is COc1ccc(C(=O)NCC2CCCCC2Cl)cc1Br. The average Bonchev–Trinajstić information content (AvgIpc) is 2.46. The molecule has 0 radical (unpaired) electrons. The molecule has 1 aromatic rings. The van der Waals surface area contributed by atoms with Crippen molar-refractivity contribution in [2.24, 2.45) is 5.92 Å². The second-order valence-electron chi connectivity index (χ2n) is 5.12. The third-order valence-corrected chi connectivity index (χ3v) is 4.95. The second-order valence-corrected chi connectivity index (χ2v) is 6.53. The zero-order valence-corrected chi connectivity index (χ0v) is 13.8. The summed E-state index contributed by atoms with van der Waals surface area (Å²) in [4.78, 5) is 12.1. The third-order valence-electron chi connectivity index (χ3n) is 3.76. The summed E-state index contributed by atoms with van der Waals surface area (Å²) in [7, 11) is 1.60. The van der Waals surface area contributed by atoms with Gasteiger partial charge in [-0.3, -0.25) is 4.79 Å². The van der Waals surface area contributed by atoms with Gasteiger partial charge in [-0.25, -0.2) is 0 Å². The van der Waals surface area contributed by atoms with Gasteiger partial charge in [-0.1, -0.05) is 12.8 Å². The molecule has 1 aromatic carbocycles. The van der Waals surface area contributed by atoms with Gasteiger partial charge in [-0.05, 0) is 52.9 Å². The molecule has 2 atom stereocenters. The summed E-state index contributed by atoms with van der Waals surface area (Å²) in [5, 5.41) is 3.17. The standard InChI is InChI=1S/C15H19BrClNO2/c1-20-14-7-6-10(8-12(14)16)15(19)18-9-11-4-2-3-5-13(11)17/h6-8,11,13H,2-5,9H2,1H3,(H,18,19). The molecule has 1 fully saturated rings. The number of ether oxygens (including phenoxy) is 1. The molecule has 2 rings (SSSR count). The third kappa shape index (κ3) is 3.89. The summed E-state index contributed by atoms with van der Waals surface area (Å²) in [6, 6.07) is 5.31. The van der Waals surface area contributed by atoms with E-state index in [-0.39, 0.29) is 11.3 Å². The number of halogens is 2. The van der Waals surface area contributed by atoms with Crippen molar-refractivity contribution in [3.8, 4) is 5.75 Å². The number of carbonyl (C=O) groups excluding carboxylic acids is 1. The van der Waals surface area contributed by atoms with Gasteiger partial charge in [-0.15, -0.1) is 11.6 Å². The first kappa shape index (κ1) is 15.6. The first-order chi connectivity index (χ1) is 9.61. The van der Waals surface area contributed by atoms with E-state index in [0.717, 1.165) is 23.1 Å². The van der Waals surface area contributed by atoms with E-state index in [0.29, 0.717) is 18.0 Å². The highest BCUT2D eigenvalue weighted by atomic mass is 79.9. The normalized spacial score (nSPS) is 22.4. The van der Waals surface area contributed by atoms with E-state index >= 15 is 0 Å². The Hall–Kier alpha value is -0.740. The van der Waals surface area contributed by atoms with Crippen LogP contribution in [0.1, 0.15) is 36.0 Å². The molecule has 5 heteroatoms. The monoisotopic (exact) mass is 359 g/mol. The van der Waals surface area contributed by atoms with Crippen LogP contribution in [-0.2, 0) is 0 Å². The van der Waals surface area contributed by atoms with Crippen LogP contribution in [0.25, 0.3) is 0 Å². The van der Waals surface area contributed by atoms with Crippen LogP contribution in [-0.4, -0.2) is 24.9 Å². The van der Waals surface area contributed by atoms with E-state index in [1.54, 1.807) is 25.3 Å². The van der Waals surface area contributed by atoms with Crippen LogP contribution in [0, 0.1) is 5.92 Å². The molecule has 0 aliphatic heterocycles. The lowest BCUT2D eigenvalue weighted by Crippen LogP contribution is -2.34. The molecule has 1 aliphatic rings. The Balaban J connectivity index is 1.93. The summed E-state index contributed by atoms with van der Waals surface area (Å²) < 4.78 is 5.93. The van der Waals surface area contributed by atoms with Crippen molar-refractivity contribution in [3.05, 3.63) is 28.2 Å². The molecule has 3 nitrogen and oxygen atoms in total. The maximum atomic E-state index is 12.1. The zero-order chi connectivity index (χ0) is 14.5. The zero-order valence-electron chi connectivity index (χ0n) is 11.5. The number of carbonyl (C=O) groups is 1. The van der Waals surface area contributed by atoms with Crippen LogP contribution in [0.15, 0.2) is 22.7 Å². The molecular weight excluding hydrogens is 342 g/mol. The molecule has 20 heavy (non-hydrogen) atoms. The van der Waals surface area contributed by atoms with Gasteiger partial charge < -0.3 is 10.1 Å². The highest BCUT2D eigenvalue weighted by Crippen LogP contribution is 2.28. The van der Waals surface area contributed by atoms with Gasteiger partial charge >= 0.3 is 0 Å². The van der Waals surface area contributed by atoms with Crippen LogP contribution in [0.4, 0.5) is 0 Å². The van der Waals surface area contributed by atoms with Crippen molar-refractivity contribution >= 4 is 33.4 Å². The Labute approximate surface area is 133 Å². The number of rotatable bonds is 4. The highest BCUT2D eigenvalue weighted by Gasteiger charge is 2.23. The predicted molar refractivity (Wildman–Crippen MR) is 84.6 cm³/mol. The first-order valence-electron chi connectivity index (χ1n) is 6.87. The molecule has 1 amide bonds. The van der Waals surface area contributed by atoms with Crippen molar-refractivity contribution in [2.45, 2.75) is 31.1 Å². The lowest BCUT2D eigenvalue weighted by molar-refractivity contribution is 0.0944. The van der Waals surface area contributed by atoms with Gasteiger partial charge in [-0.2, -0.15) is 0 Å². The molecular formula is C15H19BrClNO2. The summed E-state index contributed by atoms with van der Waals surface area (Å²) >= 11 is 9.69. The number of nitrogens with one attached hydrogen (secondary N) is 1. The van der Waals surface area contributed by atoms with Crippen LogP contribution >= 0.6 is 27.5 Å². The van der Waals surface area contributed by atoms with E-state index in [9.17, 15) is 4.79 Å². The van der Waals surface area contributed by atoms with Gasteiger partial charge in [0.15, 0.2) is 0 Å². The molecule has 110 valence electrons. The fourth-order valence-electron chi connectivity index (χ4n) is 2.53. The minimum absolute atomic E-state index is 0.0669. The van der Waals surface area contributed by atoms with Gasteiger partial charge in [0.25, 0.3) is 5.91 Å². The Morgan fingerprint density at radius 1 is 1.45 bits per heavy atom. The van der Waals surface area contributed by atoms with Crippen molar-refractivity contribution in [1.82, 2.24) is 5.32 Å². The largest absolute Gasteiger partial charge is 0.496 e.